The van der Waals surface area contributed by atoms with Gasteiger partial charge in [-0.15, -0.1) is 0 Å². The molecule has 3 rings (SSSR count). The smallest absolute Gasteiger partial charge is 0.267 e. The molecule has 1 heterocycles. The molecule has 0 fully saturated rings. The third kappa shape index (κ3) is 3.72. The van der Waals surface area contributed by atoms with E-state index in [9.17, 15) is 18.0 Å². The van der Waals surface area contributed by atoms with E-state index in [1.807, 2.05) is 24.3 Å². The molecule has 0 saturated heterocycles. The van der Waals surface area contributed by atoms with Crippen LogP contribution in [0.25, 0.3) is 10.9 Å². The minimum Gasteiger partial charge on any atom is -0.267 e. The molecule has 0 atom stereocenters. The molecule has 0 aliphatic carbocycles. The standard InChI is InChI=1S/C19H14F3N3O/c1-12-15(10-13-6-3-5-9-17(13)24-12)18(26)25-23-11-14-7-2-4-8-16(14)19(20,21)22/h2-11H,1H3,(H,25,26). The molecule has 3 aromatic rings. The van der Waals surface area contributed by atoms with Crippen LogP contribution in [0.15, 0.2) is 59.7 Å². The lowest BCUT2D eigenvalue weighted by atomic mass is 10.1. The number of alkyl halides is 3. The second kappa shape index (κ2) is 6.95. The fourth-order valence-corrected chi connectivity index (χ4v) is 2.53. The van der Waals surface area contributed by atoms with Gasteiger partial charge in [-0.2, -0.15) is 18.3 Å². The van der Waals surface area contributed by atoms with Crippen molar-refractivity contribution in [1.29, 1.82) is 0 Å². The van der Waals surface area contributed by atoms with Gasteiger partial charge in [0, 0.05) is 10.9 Å². The van der Waals surface area contributed by atoms with Gasteiger partial charge in [0.25, 0.3) is 5.91 Å². The first-order valence-corrected chi connectivity index (χ1v) is 7.72. The molecular weight excluding hydrogens is 343 g/mol. The van der Waals surface area contributed by atoms with Crippen LogP contribution in [-0.4, -0.2) is 17.1 Å². The zero-order valence-electron chi connectivity index (χ0n) is 13.7. The minimum absolute atomic E-state index is 0.131. The number of halogens is 3. The molecular formula is C19H14F3N3O. The summed E-state index contributed by atoms with van der Waals surface area (Å²) in [5.74, 6) is -0.540. The van der Waals surface area contributed by atoms with E-state index in [-0.39, 0.29) is 5.56 Å². The summed E-state index contributed by atoms with van der Waals surface area (Å²) < 4.78 is 38.8. The average molecular weight is 357 g/mol. The predicted octanol–water partition coefficient (Wildman–Crippen LogP) is 4.33. The number of carbonyl (C=O) groups is 1. The van der Waals surface area contributed by atoms with Crippen molar-refractivity contribution in [2.45, 2.75) is 13.1 Å². The van der Waals surface area contributed by atoms with Crippen molar-refractivity contribution >= 4 is 23.0 Å². The van der Waals surface area contributed by atoms with Crippen LogP contribution in [0.4, 0.5) is 13.2 Å². The molecule has 0 bridgehead atoms. The summed E-state index contributed by atoms with van der Waals surface area (Å²) in [4.78, 5) is 16.6. The lowest BCUT2D eigenvalue weighted by molar-refractivity contribution is -0.137. The quantitative estimate of drug-likeness (QED) is 0.560. The summed E-state index contributed by atoms with van der Waals surface area (Å²) in [7, 11) is 0. The van der Waals surface area contributed by atoms with Crippen LogP contribution in [0, 0.1) is 6.92 Å². The van der Waals surface area contributed by atoms with Gasteiger partial charge in [0.1, 0.15) is 0 Å². The Labute approximate surface area is 147 Å². The van der Waals surface area contributed by atoms with E-state index < -0.39 is 17.6 Å². The number of carbonyl (C=O) groups excluding carboxylic acids is 1. The average Bonchev–Trinajstić information content (AvgIpc) is 2.60. The highest BCUT2D eigenvalue weighted by molar-refractivity contribution is 5.99. The van der Waals surface area contributed by atoms with Crippen molar-refractivity contribution in [3.05, 3.63) is 77.0 Å². The first-order chi connectivity index (χ1) is 12.4. The van der Waals surface area contributed by atoms with E-state index in [2.05, 4.69) is 15.5 Å². The summed E-state index contributed by atoms with van der Waals surface area (Å²) in [6, 6.07) is 14.0. The molecule has 0 aliphatic rings. The Morgan fingerprint density at radius 1 is 1.12 bits per heavy atom. The molecule has 0 spiro atoms. The summed E-state index contributed by atoms with van der Waals surface area (Å²) >= 11 is 0. The summed E-state index contributed by atoms with van der Waals surface area (Å²) in [6.45, 7) is 1.68. The molecule has 4 nitrogen and oxygen atoms in total. The number of hydrazone groups is 1. The van der Waals surface area contributed by atoms with Gasteiger partial charge in [0.15, 0.2) is 0 Å². The summed E-state index contributed by atoms with van der Waals surface area (Å²) in [5.41, 5.74) is 2.88. The van der Waals surface area contributed by atoms with Crippen LogP contribution in [0.5, 0.6) is 0 Å². The van der Waals surface area contributed by atoms with Crippen molar-refractivity contribution in [2.75, 3.05) is 0 Å². The number of benzene rings is 2. The van der Waals surface area contributed by atoms with Gasteiger partial charge in [-0.1, -0.05) is 36.4 Å². The Bertz CT molecular complexity index is 997. The molecule has 0 radical (unpaired) electrons. The highest BCUT2D eigenvalue weighted by Gasteiger charge is 2.32. The van der Waals surface area contributed by atoms with Crippen molar-refractivity contribution in [3.63, 3.8) is 0 Å². The Hall–Kier alpha value is -3.22. The Balaban J connectivity index is 1.82. The normalized spacial score (nSPS) is 11.8. The minimum atomic E-state index is -4.49. The molecule has 1 N–H and O–H groups in total. The Kier molecular flexibility index (Phi) is 4.71. The highest BCUT2D eigenvalue weighted by atomic mass is 19.4. The van der Waals surface area contributed by atoms with Gasteiger partial charge in [0.05, 0.1) is 28.6 Å². The van der Waals surface area contributed by atoms with E-state index in [1.54, 1.807) is 13.0 Å². The summed E-state index contributed by atoms with van der Waals surface area (Å²) in [5, 5.41) is 4.45. The van der Waals surface area contributed by atoms with E-state index >= 15 is 0 Å². The molecule has 0 unspecified atom stereocenters. The zero-order chi connectivity index (χ0) is 18.7. The van der Waals surface area contributed by atoms with E-state index in [4.69, 9.17) is 0 Å². The van der Waals surface area contributed by atoms with Gasteiger partial charge < -0.3 is 0 Å². The number of rotatable bonds is 3. The summed E-state index contributed by atoms with van der Waals surface area (Å²) in [6.07, 6.45) is -3.52. The number of hydrogen-bond donors (Lipinski definition) is 1. The number of nitrogens with one attached hydrogen (secondary N) is 1. The number of aromatic nitrogens is 1. The van der Waals surface area contributed by atoms with Crippen molar-refractivity contribution in [3.8, 4) is 0 Å². The van der Waals surface area contributed by atoms with Crippen LogP contribution in [-0.2, 0) is 6.18 Å². The molecule has 2 aromatic carbocycles. The molecule has 0 saturated carbocycles. The maximum atomic E-state index is 12.9. The molecule has 0 aliphatic heterocycles. The first-order valence-electron chi connectivity index (χ1n) is 7.72. The second-order valence-corrected chi connectivity index (χ2v) is 5.60. The number of hydrogen-bond acceptors (Lipinski definition) is 3. The van der Waals surface area contributed by atoms with Gasteiger partial charge >= 0.3 is 6.18 Å². The zero-order valence-corrected chi connectivity index (χ0v) is 13.7. The molecule has 26 heavy (non-hydrogen) atoms. The number of fused-ring (bicyclic) bond motifs is 1. The number of pyridine rings is 1. The van der Waals surface area contributed by atoms with Crippen LogP contribution < -0.4 is 5.43 Å². The molecule has 1 amide bonds. The van der Waals surface area contributed by atoms with Gasteiger partial charge in [0.2, 0.25) is 0 Å². The number of para-hydroxylation sites is 1. The van der Waals surface area contributed by atoms with E-state index in [0.29, 0.717) is 11.3 Å². The molecule has 132 valence electrons. The van der Waals surface area contributed by atoms with Gasteiger partial charge in [-0.25, -0.2) is 5.43 Å². The topological polar surface area (TPSA) is 54.4 Å². The van der Waals surface area contributed by atoms with Crippen molar-refractivity contribution < 1.29 is 18.0 Å². The number of nitrogens with zero attached hydrogens (tertiary/aromatic N) is 2. The van der Waals surface area contributed by atoms with Crippen molar-refractivity contribution in [2.24, 2.45) is 5.10 Å². The largest absolute Gasteiger partial charge is 0.417 e. The van der Waals surface area contributed by atoms with Crippen LogP contribution in [0.3, 0.4) is 0 Å². The fourth-order valence-electron chi connectivity index (χ4n) is 2.53. The maximum absolute atomic E-state index is 12.9. The lowest BCUT2D eigenvalue weighted by Crippen LogP contribution is -2.19. The number of amides is 1. The van der Waals surface area contributed by atoms with Crippen molar-refractivity contribution in [1.82, 2.24) is 10.4 Å². The van der Waals surface area contributed by atoms with Crippen LogP contribution in [0.1, 0.15) is 27.2 Å². The van der Waals surface area contributed by atoms with Gasteiger partial charge in [-0.05, 0) is 25.1 Å². The van der Waals surface area contributed by atoms with Gasteiger partial charge in [-0.3, -0.25) is 9.78 Å². The second-order valence-electron chi connectivity index (χ2n) is 5.60. The molecule has 7 heteroatoms. The predicted molar refractivity (Wildman–Crippen MR) is 93.0 cm³/mol. The fraction of sp³-hybridized carbons (Fsp3) is 0.105. The van der Waals surface area contributed by atoms with Crippen LogP contribution >= 0.6 is 0 Å². The third-order valence-electron chi connectivity index (χ3n) is 3.80. The lowest BCUT2D eigenvalue weighted by Gasteiger charge is -2.09. The maximum Gasteiger partial charge on any atom is 0.417 e. The Morgan fingerprint density at radius 2 is 1.81 bits per heavy atom. The first kappa shape index (κ1) is 17.6. The van der Waals surface area contributed by atoms with E-state index in [0.717, 1.165) is 23.2 Å². The van der Waals surface area contributed by atoms with Crippen LogP contribution in [0.2, 0.25) is 0 Å². The SMILES string of the molecule is Cc1nc2ccccc2cc1C(=O)NN=Cc1ccccc1C(F)(F)F. The monoisotopic (exact) mass is 357 g/mol. The van der Waals surface area contributed by atoms with E-state index in [1.165, 1.54) is 18.2 Å². The third-order valence-corrected chi connectivity index (χ3v) is 3.80. The molecule has 1 aromatic heterocycles. The Morgan fingerprint density at radius 3 is 2.58 bits per heavy atom. The highest BCUT2D eigenvalue weighted by Crippen LogP contribution is 2.31. The number of aryl methyl sites for hydroxylation is 1.